The lowest BCUT2D eigenvalue weighted by Crippen LogP contribution is -2.27. The molecule has 0 atom stereocenters. The molecule has 142 valence electrons. The third-order valence-corrected chi connectivity index (χ3v) is 4.46. The van der Waals surface area contributed by atoms with E-state index in [2.05, 4.69) is 10.6 Å². The highest BCUT2D eigenvalue weighted by molar-refractivity contribution is 5.99. The molecular formula is C24H24N2O2. The Morgan fingerprint density at radius 1 is 0.714 bits per heavy atom. The number of amides is 2. The zero-order valence-corrected chi connectivity index (χ0v) is 15.9. The van der Waals surface area contributed by atoms with E-state index in [-0.39, 0.29) is 11.8 Å². The minimum atomic E-state index is -0.194. The number of benzene rings is 3. The standard InChI is InChI=1S/C24H24N2O2/c1-18-7-5-10-20(15-18)17-26-24(28)22-12-6-11-21(16-22)23(27)25-14-13-19-8-3-2-4-9-19/h2-12,15-16H,13-14,17H2,1H3,(H,25,27)(H,26,28). The van der Waals surface area contributed by atoms with Crippen LogP contribution in [0.5, 0.6) is 0 Å². The van der Waals surface area contributed by atoms with Gasteiger partial charge >= 0.3 is 0 Å². The lowest BCUT2D eigenvalue weighted by Gasteiger charge is -2.09. The Hall–Kier alpha value is -3.40. The molecule has 0 fully saturated rings. The second-order valence-electron chi connectivity index (χ2n) is 6.74. The monoisotopic (exact) mass is 372 g/mol. The predicted octanol–water partition coefficient (Wildman–Crippen LogP) is 3.90. The van der Waals surface area contributed by atoms with E-state index >= 15 is 0 Å². The Balaban J connectivity index is 1.55. The predicted molar refractivity (Wildman–Crippen MR) is 111 cm³/mol. The van der Waals surface area contributed by atoms with E-state index in [9.17, 15) is 9.59 Å². The zero-order chi connectivity index (χ0) is 19.8. The molecule has 3 rings (SSSR count). The van der Waals surface area contributed by atoms with Gasteiger partial charge < -0.3 is 10.6 Å². The minimum Gasteiger partial charge on any atom is -0.352 e. The summed E-state index contributed by atoms with van der Waals surface area (Å²) in [5.41, 5.74) is 4.33. The number of carbonyl (C=O) groups excluding carboxylic acids is 2. The molecule has 3 aromatic carbocycles. The summed E-state index contributed by atoms with van der Waals surface area (Å²) in [7, 11) is 0. The highest BCUT2D eigenvalue weighted by atomic mass is 16.2. The molecule has 4 heteroatoms. The van der Waals surface area contributed by atoms with Crippen molar-refractivity contribution in [3.63, 3.8) is 0 Å². The van der Waals surface area contributed by atoms with Gasteiger partial charge in [-0.1, -0.05) is 66.2 Å². The number of hydrogen-bond donors (Lipinski definition) is 2. The molecule has 2 N–H and O–H groups in total. The van der Waals surface area contributed by atoms with Crippen LogP contribution in [0.4, 0.5) is 0 Å². The maximum Gasteiger partial charge on any atom is 0.251 e. The van der Waals surface area contributed by atoms with Crippen molar-refractivity contribution in [1.29, 1.82) is 0 Å². The molecule has 0 aliphatic rings. The SMILES string of the molecule is Cc1cccc(CNC(=O)c2cccc(C(=O)NCCc3ccccc3)c2)c1. The fourth-order valence-corrected chi connectivity index (χ4v) is 2.98. The molecule has 0 aromatic heterocycles. The van der Waals surface area contributed by atoms with Crippen LogP contribution in [0.25, 0.3) is 0 Å². The van der Waals surface area contributed by atoms with Crippen LogP contribution in [0.1, 0.15) is 37.4 Å². The van der Waals surface area contributed by atoms with Gasteiger partial charge in [0.15, 0.2) is 0 Å². The zero-order valence-electron chi connectivity index (χ0n) is 15.9. The van der Waals surface area contributed by atoms with Crippen LogP contribution in [0.15, 0.2) is 78.9 Å². The first-order chi connectivity index (χ1) is 13.6. The Kier molecular flexibility index (Phi) is 6.58. The van der Waals surface area contributed by atoms with Gasteiger partial charge in [-0.25, -0.2) is 0 Å². The number of rotatable bonds is 7. The maximum atomic E-state index is 12.4. The smallest absolute Gasteiger partial charge is 0.251 e. The lowest BCUT2D eigenvalue weighted by molar-refractivity contribution is 0.0950. The van der Waals surface area contributed by atoms with Gasteiger partial charge in [0.25, 0.3) is 11.8 Å². The van der Waals surface area contributed by atoms with Gasteiger partial charge in [-0.3, -0.25) is 9.59 Å². The molecule has 28 heavy (non-hydrogen) atoms. The molecule has 0 aliphatic carbocycles. The van der Waals surface area contributed by atoms with Crippen LogP contribution in [0, 0.1) is 6.92 Å². The molecule has 0 radical (unpaired) electrons. The lowest BCUT2D eigenvalue weighted by atomic mass is 10.1. The first-order valence-corrected chi connectivity index (χ1v) is 9.38. The molecule has 0 saturated heterocycles. The number of carbonyl (C=O) groups is 2. The van der Waals surface area contributed by atoms with Gasteiger partial charge in [-0.2, -0.15) is 0 Å². The fraction of sp³-hybridized carbons (Fsp3) is 0.167. The average Bonchev–Trinajstić information content (AvgIpc) is 2.73. The van der Waals surface area contributed by atoms with Crippen LogP contribution >= 0.6 is 0 Å². The van der Waals surface area contributed by atoms with Gasteiger partial charge in [0.1, 0.15) is 0 Å². The van der Waals surface area contributed by atoms with Crippen molar-refractivity contribution >= 4 is 11.8 Å². The summed E-state index contributed by atoms with van der Waals surface area (Å²) in [6, 6.07) is 24.8. The van der Waals surface area contributed by atoms with Gasteiger partial charge in [0.05, 0.1) is 0 Å². The van der Waals surface area contributed by atoms with Crippen molar-refractivity contribution in [2.45, 2.75) is 19.9 Å². The van der Waals surface area contributed by atoms with E-state index in [0.29, 0.717) is 24.2 Å². The summed E-state index contributed by atoms with van der Waals surface area (Å²) in [5.74, 6) is -0.371. The van der Waals surface area contributed by atoms with Gasteiger partial charge in [-0.15, -0.1) is 0 Å². The van der Waals surface area contributed by atoms with Gasteiger partial charge in [-0.05, 0) is 42.7 Å². The third-order valence-electron chi connectivity index (χ3n) is 4.46. The second kappa shape index (κ2) is 9.51. The number of nitrogens with one attached hydrogen (secondary N) is 2. The van der Waals surface area contributed by atoms with Crippen molar-refractivity contribution in [1.82, 2.24) is 10.6 Å². The molecule has 0 bridgehead atoms. The highest BCUT2D eigenvalue weighted by Crippen LogP contribution is 2.08. The summed E-state index contributed by atoms with van der Waals surface area (Å²) in [6.45, 7) is 3.02. The molecule has 0 heterocycles. The first kappa shape index (κ1) is 19.4. The highest BCUT2D eigenvalue weighted by Gasteiger charge is 2.10. The quantitative estimate of drug-likeness (QED) is 0.661. The summed E-state index contributed by atoms with van der Waals surface area (Å²) in [5, 5.41) is 5.81. The number of hydrogen-bond acceptors (Lipinski definition) is 2. The molecule has 0 spiro atoms. The van der Waals surface area contributed by atoms with Crippen LogP contribution in [0.3, 0.4) is 0 Å². The average molecular weight is 372 g/mol. The Morgan fingerprint density at radius 3 is 2.07 bits per heavy atom. The van der Waals surface area contributed by atoms with Crippen LogP contribution in [-0.4, -0.2) is 18.4 Å². The summed E-state index contributed by atoms with van der Waals surface area (Å²) >= 11 is 0. The third kappa shape index (κ3) is 5.55. The molecule has 4 nitrogen and oxygen atoms in total. The van der Waals surface area contributed by atoms with E-state index in [1.807, 2.05) is 61.5 Å². The Bertz CT molecular complexity index is 952. The van der Waals surface area contributed by atoms with Crippen LogP contribution < -0.4 is 10.6 Å². The molecule has 0 saturated carbocycles. The summed E-state index contributed by atoms with van der Waals surface area (Å²) in [6.07, 6.45) is 0.767. The molecular weight excluding hydrogens is 348 g/mol. The summed E-state index contributed by atoms with van der Waals surface area (Å²) < 4.78 is 0. The normalized spacial score (nSPS) is 10.3. The number of aryl methyl sites for hydroxylation is 1. The van der Waals surface area contributed by atoms with E-state index < -0.39 is 0 Å². The van der Waals surface area contributed by atoms with E-state index in [1.54, 1.807) is 24.3 Å². The second-order valence-corrected chi connectivity index (χ2v) is 6.74. The van der Waals surface area contributed by atoms with E-state index in [0.717, 1.165) is 17.5 Å². The van der Waals surface area contributed by atoms with Crippen molar-refractivity contribution < 1.29 is 9.59 Å². The minimum absolute atomic E-state index is 0.177. The van der Waals surface area contributed by atoms with Gasteiger partial charge in [0.2, 0.25) is 0 Å². The molecule has 0 unspecified atom stereocenters. The van der Waals surface area contributed by atoms with E-state index in [4.69, 9.17) is 0 Å². The van der Waals surface area contributed by atoms with Crippen LogP contribution in [-0.2, 0) is 13.0 Å². The Labute approximate surface area is 165 Å². The van der Waals surface area contributed by atoms with Crippen molar-refractivity contribution in [3.8, 4) is 0 Å². The molecule has 3 aromatic rings. The van der Waals surface area contributed by atoms with Crippen molar-refractivity contribution in [3.05, 3.63) is 107 Å². The summed E-state index contributed by atoms with van der Waals surface area (Å²) in [4.78, 5) is 24.8. The van der Waals surface area contributed by atoms with Crippen molar-refractivity contribution in [2.24, 2.45) is 0 Å². The van der Waals surface area contributed by atoms with Crippen LogP contribution in [0.2, 0.25) is 0 Å². The fourth-order valence-electron chi connectivity index (χ4n) is 2.98. The largest absolute Gasteiger partial charge is 0.352 e. The molecule has 2 amide bonds. The molecule has 0 aliphatic heterocycles. The Morgan fingerprint density at radius 2 is 1.36 bits per heavy atom. The van der Waals surface area contributed by atoms with Gasteiger partial charge in [0, 0.05) is 24.2 Å². The van der Waals surface area contributed by atoms with Crippen molar-refractivity contribution in [2.75, 3.05) is 6.54 Å². The topological polar surface area (TPSA) is 58.2 Å². The van der Waals surface area contributed by atoms with E-state index in [1.165, 1.54) is 5.56 Å². The maximum absolute atomic E-state index is 12.4. The first-order valence-electron chi connectivity index (χ1n) is 9.38.